The molecule has 1 amide bonds. The summed E-state index contributed by atoms with van der Waals surface area (Å²) in [6.07, 6.45) is 1.54. The van der Waals surface area contributed by atoms with Crippen molar-refractivity contribution < 1.29 is 19.4 Å². The van der Waals surface area contributed by atoms with E-state index in [1.54, 1.807) is 10.9 Å². The number of methoxy groups -OCH3 is 1. The van der Waals surface area contributed by atoms with E-state index >= 15 is 0 Å². The molecule has 7 nitrogen and oxygen atoms in total. The predicted octanol–water partition coefficient (Wildman–Crippen LogP) is 2.45. The average Bonchev–Trinajstić information content (AvgIpc) is 3.02. The van der Waals surface area contributed by atoms with Crippen LogP contribution in [-0.4, -0.2) is 51.9 Å². The second kappa shape index (κ2) is 8.32. The highest BCUT2D eigenvalue weighted by atomic mass is 16.5. The Morgan fingerprint density at radius 1 is 1.28 bits per heavy atom. The number of amides is 1. The monoisotopic (exact) mass is 345 g/mol. The molecule has 134 valence electrons. The van der Waals surface area contributed by atoms with E-state index in [4.69, 9.17) is 9.84 Å². The van der Waals surface area contributed by atoms with Gasteiger partial charge in [0.25, 0.3) is 5.91 Å². The van der Waals surface area contributed by atoms with E-state index in [2.05, 4.69) is 5.10 Å². The minimum atomic E-state index is -0.941. The summed E-state index contributed by atoms with van der Waals surface area (Å²) in [6.45, 7) is 4.53. The SMILES string of the molecule is COc1cn(-c2ccccc2)nc1C(=O)N(CCC(=O)O)CC(C)C. The number of carboxylic acid groups (broad SMARTS) is 1. The summed E-state index contributed by atoms with van der Waals surface area (Å²) in [7, 11) is 1.48. The zero-order chi connectivity index (χ0) is 18.4. The van der Waals surface area contributed by atoms with Crippen molar-refractivity contribution in [2.75, 3.05) is 20.2 Å². The molecule has 0 radical (unpaired) electrons. The van der Waals surface area contributed by atoms with Crippen molar-refractivity contribution in [2.24, 2.45) is 5.92 Å². The first-order valence-corrected chi connectivity index (χ1v) is 8.12. The number of carbonyl (C=O) groups excluding carboxylic acids is 1. The smallest absolute Gasteiger partial charge is 0.305 e. The molecule has 7 heteroatoms. The highest BCUT2D eigenvalue weighted by molar-refractivity contribution is 5.95. The molecule has 0 saturated carbocycles. The van der Waals surface area contributed by atoms with Gasteiger partial charge in [-0.05, 0) is 18.1 Å². The van der Waals surface area contributed by atoms with Crippen LogP contribution in [0.15, 0.2) is 36.5 Å². The lowest BCUT2D eigenvalue weighted by Crippen LogP contribution is -2.36. The number of hydrogen-bond acceptors (Lipinski definition) is 4. The van der Waals surface area contributed by atoms with Crippen molar-refractivity contribution in [3.8, 4) is 11.4 Å². The molecule has 1 heterocycles. The van der Waals surface area contributed by atoms with Gasteiger partial charge < -0.3 is 14.7 Å². The van der Waals surface area contributed by atoms with Crippen LogP contribution in [0.1, 0.15) is 30.8 Å². The van der Waals surface area contributed by atoms with Crippen molar-refractivity contribution in [1.29, 1.82) is 0 Å². The molecular formula is C18H23N3O4. The van der Waals surface area contributed by atoms with Crippen LogP contribution in [-0.2, 0) is 4.79 Å². The van der Waals surface area contributed by atoms with Crippen molar-refractivity contribution >= 4 is 11.9 Å². The van der Waals surface area contributed by atoms with Gasteiger partial charge in [0.05, 0.1) is 25.4 Å². The Bertz CT molecular complexity index is 725. The summed E-state index contributed by atoms with van der Waals surface area (Å²) in [5.74, 6) is -0.706. The first-order valence-electron chi connectivity index (χ1n) is 8.12. The standard InChI is InChI=1S/C18H23N3O4/c1-13(2)11-20(10-9-16(22)23)18(24)17-15(25-3)12-21(19-17)14-7-5-4-6-8-14/h4-8,12-13H,9-11H2,1-3H3,(H,22,23). The van der Waals surface area contributed by atoms with Crippen LogP contribution in [0.2, 0.25) is 0 Å². The van der Waals surface area contributed by atoms with E-state index in [9.17, 15) is 9.59 Å². The van der Waals surface area contributed by atoms with Gasteiger partial charge in [-0.25, -0.2) is 4.68 Å². The summed E-state index contributed by atoms with van der Waals surface area (Å²) in [5.41, 5.74) is 0.984. The minimum Gasteiger partial charge on any atom is -0.493 e. The molecule has 0 aliphatic rings. The molecular weight excluding hydrogens is 322 g/mol. The molecule has 25 heavy (non-hydrogen) atoms. The fourth-order valence-electron chi connectivity index (χ4n) is 2.47. The Morgan fingerprint density at radius 3 is 2.52 bits per heavy atom. The highest BCUT2D eigenvalue weighted by Crippen LogP contribution is 2.21. The van der Waals surface area contributed by atoms with Gasteiger partial charge in [0.2, 0.25) is 0 Å². The molecule has 1 N–H and O–H groups in total. The maximum atomic E-state index is 12.9. The quantitative estimate of drug-likeness (QED) is 0.794. The fourth-order valence-corrected chi connectivity index (χ4v) is 2.47. The van der Waals surface area contributed by atoms with E-state index in [0.29, 0.717) is 12.3 Å². The Labute approximate surface area is 146 Å². The van der Waals surface area contributed by atoms with E-state index in [1.165, 1.54) is 12.0 Å². The second-order valence-corrected chi connectivity index (χ2v) is 6.11. The normalized spacial score (nSPS) is 10.7. The zero-order valence-corrected chi connectivity index (χ0v) is 14.7. The molecule has 0 spiro atoms. The van der Waals surface area contributed by atoms with Crippen LogP contribution in [0, 0.1) is 5.92 Å². The second-order valence-electron chi connectivity index (χ2n) is 6.11. The number of aliphatic carboxylic acids is 1. The topological polar surface area (TPSA) is 84.7 Å². The summed E-state index contributed by atoms with van der Waals surface area (Å²) in [5, 5.41) is 13.3. The number of benzene rings is 1. The molecule has 0 saturated heterocycles. The highest BCUT2D eigenvalue weighted by Gasteiger charge is 2.25. The zero-order valence-electron chi connectivity index (χ0n) is 14.7. The maximum absolute atomic E-state index is 12.9. The third kappa shape index (κ3) is 4.82. The van der Waals surface area contributed by atoms with E-state index in [0.717, 1.165) is 5.69 Å². The number of carbonyl (C=O) groups is 2. The van der Waals surface area contributed by atoms with E-state index in [1.807, 2.05) is 44.2 Å². The molecule has 0 aliphatic carbocycles. The van der Waals surface area contributed by atoms with Crippen molar-refractivity contribution in [1.82, 2.24) is 14.7 Å². The predicted molar refractivity (Wildman–Crippen MR) is 93.1 cm³/mol. The summed E-state index contributed by atoms with van der Waals surface area (Å²) in [6, 6.07) is 9.40. The lowest BCUT2D eigenvalue weighted by atomic mass is 10.2. The summed E-state index contributed by atoms with van der Waals surface area (Å²) >= 11 is 0. The Balaban J connectivity index is 2.31. The lowest BCUT2D eigenvalue weighted by molar-refractivity contribution is -0.137. The van der Waals surface area contributed by atoms with Crippen molar-refractivity contribution in [3.05, 3.63) is 42.2 Å². The lowest BCUT2D eigenvalue weighted by Gasteiger charge is -2.23. The van der Waals surface area contributed by atoms with Crippen molar-refractivity contribution in [2.45, 2.75) is 20.3 Å². The van der Waals surface area contributed by atoms with Crippen LogP contribution >= 0.6 is 0 Å². The first-order chi connectivity index (χ1) is 11.9. The third-order valence-corrected chi connectivity index (χ3v) is 3.59. The Kier molecular flexibility index (Phi) is 6.16. The molecule has 1 aromatic heterocycles. The molecule has 0 bridgehead atoms. The number of ether oxygens (including phenoxy) is 1. The number of carboxylic acids is 1. The Morgan fingerprint density at radius 2 is 1.96 bits per heavy atom. The summed E-state index contributed by atoms with van der Waals surface area (Å²) in [4.78, 5) is 25.3. The molecule has 0 aliphatic heterocycles. The molecule has 0 atom stereocenters. The Hall–Kier alpha value is -2.83. The largest absolute Gasteiger partial charge is 0.493 e. The number of para-hydroxylation sites is 1. The molecule has 2 rings (SSSR count). The number of hydrogen-bond donors (Lipinski definition) is 1. The van der Waals surface area contributed by atoms with Gasteiger partial charge in [-0.2, -0.15) is 5.10 Å². The van der Waals surface area contributed by atoms with Gasteiger partial charge in [0.15, 0.2) is 11.4 Å². The van der Waals surface area contributed by atoms with Crippen molar-refractivity contribution in [3.63, 3.8) is 0 Å². The van der Waals surface area contributed by atoms with Gasteiger partial charge >= 0.3 is 5.97 Å². The van der Waals surface area contributed by atoms with Crippen LogP contribution < -0.4 is 4.74 Å². The molecule has 1 aromatic carbocycles. The first kappa shape index (κ1) is 18.5. The van der Waals surface area contributed by atoms with Crippen LogP contribution in [0.25, 0.3) is 5.69 Å². The number of aromatic nitrogens is 2. The molecule has 0 unspecified atom stereocenters. The van der Waals surface area contributed by atoms with Gasteiger partial charge in [-0.3, -0.25) is 9.59 Å². The van der Waals surface area contributed by atoms with E-state index in [-0.39, 0.29) is 30.5 Å². The third-order valence-electron chi connectivity index (χ3n) is 3.59. The van der Waals surface area contributed by atoms with E-state index < -0.39 is 5.97 Å². The van der Waals surface area contributed by atoms with Crippen LogP contribution in [0.4, 0.5) is 0 Å². The van der Waals surface area contributed by atoms with Gasteiger partial charge in [-0.1, -0.05) is 32.0 Å². The number of rotatable bonds is 8. The van der Waals surface area contributed by atoms with Gasteiger partial charge in [0.1, 0.15) is 0 Å². The molecule has 0 fully saturated rings. The van der Waals surface area contributed by atoms with Crippen LogP contribution in [0.3, 0.4) is 0 Å². The average molecular weight is 345 g/mol. The van der Waals surface area contributed by atoms with Gasteiger partial charge in [0, 0.05) is 13.1 Å². The molecule has 2 aromatic rings. The fraction of sp³-hybridized carbons (Fsp3) is 0.389. The van der Waals surface area contributed by atoms with Crippen LogP contribution in [0.5, 0.6) is 5.75 Å². The maximum Gasteiger partial charge on any atom is 0.305 e. The summed E-state index contributed by atoms with van der Waals surface area (Å²) < 4.78 is 6.88. The van der Waals surface area contributed by atoms with Gasteiger partial charge in [-0.15, -0.1) is 0 Å². The number of nitrogens with zero attached hydrogens (tertiary/aromatic N) is 3. The minimum absolute atomic E-state index is 0.111.